The van der Waals surface area contributed by atoms with Crippen LogP contribution in [-0.4, -0.2) is 15.4 Å². The van der Waals surface area contributed by atoms with Gasteiger partial charge in [-0.25, -0.2) is 0 Å². The molecule has 17 heavy (non-hydrogen) atoms. The van der Waals surface area contributed by atoms with Gasteiger partial charge in [0.2, 0.25) is 0 Å². The van der Waals surface area contributed by atoms with Crippen molar-refractivity contribution >= 4 is 33.5 Å². The molecule has 0 fully saturated rings. The van der Waals surface area contributed by atoms with Crippen LogP contribution in [0.25, 0.3) is 11.1 Å². The second-order valence-corrected chi connectivity index (χ2v) is 6.48. The number of anilines is 1. The number of aromatic nitrogens is 2. The summed E-state index contributed by atoms with van der Waals surface area (Å²) in [5.74, 6) is 0.598. The van der Waals surface area contributed by atoms with E-state index in [1.807, 2.05) is 11.8 Å². The molecule has 0 atom stereocenters. The predicted octanol–water partition coefficient (Wildman–Crippen LogP) is 3.92. The van der Waals surface area contributed by atoms with Crippen LogP contribution in [0.15, 0.2) is 33.8 Å². The Hall–Kier alpha value is -0.940. The van der Waals surface area contributed by atoms with Crippen molar-refractivity contribution in [2.75, 3.05) is 5.73 Å². The zero-order valence-corrected chi connectivity index (χ0v) is 12.1. The van der Waals surface area contributed by atoms with E-state index < -0.39 is 0 Å². The molecule has 2 rings (SSSR count). The normalized spacial score (nSPS) is 11.1. The van der Waals surface area contributed by atoms with Crippen LogP contribution < -0.4 is 5.73 Å². The number of nitrogens with zero attached hydrogens (tertiary/aromatic N) is 1. The van der Waals surface area contributed by atoms with Crippen molar-refractivity contribution in [2.45, 2.75) is 24.0 Å². The van der Waals surface area contributed by atoms with E-state index in [1.54, 1.807) is 6.20 Å². The van der Waals surface area contributed by atoms with Crippen LogP contribution in [0.2, 0.25) is 0 Å². The zero-order chi connectivity index (χ0) is 12.4. The highest BCUT2D eigenvalue weighted by atomic mass is 79.9. The van der Waals surface area contributed by atoms with Gasteiger partial charge >= 0.3 is 0 Å². The lowest BCUT2D eigenvalue weighted by molar-refractivity contribution is 1.10. The Morgan fingerprint density at radius 3 is 2.71 bits per heavy atom. The number of H-pyrrole nitrogens is 1. The third kappa shape index (κ3) is 2.84. The Kier molecular flexibility index (Phi) is 3.79. The van der Waals surface area contributed by atoms with Gasteiger partial charge in [-0.05, 0) is 33.6 Å². The van der Waals surface area contributed by atoms with Crippen LogP contribution in [0.3, 0.4) is 0 Å². The number of aromatic amines is 1. The molecule has 5 heteroatoms. The zero-order valence-electron chi connectivity index (χ0n) is 9.70. The second-order valence-electron chi connectivity index (χ2n) is 4.01. The first-order chi connectivity index (χ1) is 8.08. The van der Waals surface area contributed by atoms with Gasteiger partial charge in [-0.1, -0.05) is 19.9 Å². The molecular formula is C12H14BrN3S. The molecule has 1 heterocycles. The Labute approximate surface area is 113 Å². The maximum absolute atomic E-state index is 5.80. The van der Waals surface area contributed by atoms with Gasteiger partial charge < -0.3 is 5.73 Å². The predicted molar refractivity (Wildman–Crippen MR) is 77.1 cm³/mol. The number of halogens is 1. The Morgan fingerprint density at radius 1 is 1.41 bits per heavy atom. The van der Waals surface area contributed by atoms with Crippen molar-refractivity contribution in [2.24, 2.45) is 0 Å². The standard InChI is InChI=1S/C12H14BrN3S/c1-7(2)17-11-4-3-8(5-10(11)13)9-6-15-16-12(9)14/h3-7H,1-2H3,(H3,14,15,16). The van der Waals surface area contributed by atoms with Crippen molar-refractivity contribution in [3.63, 3.8) is 0 Å². The first kappa shape index (κ1) is 12.5. The van der Waals surface area contributed by atoms with Gasteiger partial charge in [0.1, 0.15) is 5.82 Å². The molecule has 3 N–H and O–H groups in total. The molecule has 1 aromatic heterocycles. The molecule has 0 saturated heterocycles. The largest absolute Gasteiger partial charge is 0.384 e. The van der Waals surface area contributed by atoms with Crippen molar-refractivity contribution in [1.82, 2.24) is 10.2 Å². The van der Waals surface area contributed by atoms with E-state index in [2.05, 4.69) is 58.2 Å². The number of nitrogens with two attached hydrogens (primary N) is 1. The SMILES string of the molecule is CC(C)Sc1ccc(-c2cn[nH]c2N)cc1Br. The summed E-state index contributed by atoms with van der Waals surface area (Å²) in [5, 5.41) is 7.23. The number of benzene rings is 1. The monoisotopic (exact) mass is 311 g/mol. The molecule has 0 unspecified atom stereocenters. The van der Waals surface area contributed by atoms with Crippen molar-refractivity contribution < 1.29 is 0 Å². The van der Waals surface area contributed by atoms with E-state index in [4.69, 9.17) is 5.73 Å². The average Bonchev–Trinajstić information content (AvgIpc) is 2.67. The van der Waals surface area contributed by atoms with Crippen molar-refractivity contribution in [3.05, 3.63) is 28.9 Å². The quantitative estimate of drug-likeness (QED) is 0.845. The number of nitrogen functional groups attached to an aromatic ring is 1. The highest BCUT2D eigenvalue weighted by molar-refractivity contribution is 9.10. The summed E-state index contributed by atoms with van der Waals surface area (Å²) >= 11 is 5.43. The molecule has 90 valence electrons. The number of nitrogens with one attached hydrogen (secondary N) is 1. The molecule has 1 aromatic carbocycles. The lowest BCUT2D eigenvalue weighted by Crippen LogP contribution is -1.89. The van der Waals surface area contributed by atoms with Crippen LogP contribution in [0.1, 0.15) is 13.8 Å². The van der Waals surface area contributed by atoms with Gasteiger partial charge in [0.15, 0.2) is 0 Å². The van der Waals surface area contributed by atoms with E-state index in [-0.39, 0.29) is 0 Å². The minimum absolute atomic E-state index is 0.566. The number of hydrogen-bond acceptors (Lipinski definition) is 3. The fourth-order valence-electron chi connectivity index (χ4n) is 1.54. The van der Waals surface area contributed by atoms with Crippen LogP contribution in [0, 0.1) is 0 Å². The Morgan fingerprint density at radius 2 is 2.18 bits per heavy atom. The van der Waals surface area contributed by atoms with Gasteiger partial charge in [-0.15, -0.1) is 11.8 Å². The van der Waals surface area contributed by atoms with E-state index in [9.17, 15) is 0 Å². The first-order valence-electron chi connectivity index (χ1n) is 5.33. The smallest absolute Gasteiger partial charge is 0.126 e. The molecule has 0 radical (unpaired) electrons. The summed E-state index contributed by atoms with van der Waals surface area (Å²) in [6, 6.07) is 6.25. The second kappa shape index (κ2) is 5.14. The first-order valence-corrected chi connectivity index (χ1v) is 7.00. The van der Waals surface area contributed by atoms with Gasteiger partial charge in [0, 0.05) is 20.2 Å². The molecular weight excluding hydrogens is 298 g/mol. The lowest BCUT2D eigenvalue weighted by atomic mass is 10.1. The molecule has 0 aliphatic rings. The van der Waals surface area contributed by atoms with Gasteiger partial charge in [-0.2, -0.15) is 5.10 Å². The maximum atomic E-state index is 5.80. The van der Waals surface area contributed by atoms with E-state index >= 15 is 0 Å². The van der Waals surface area contributed by atoms with Gasteiger partial charge in [0.05, 0.1) is 6.20 Å². The topological polar surface area (TPSA) is 54.7 Å². The molecule has 0 aliphatic heterocycles. The van der Waals surface area contributed by atoms with Crippen LogP contribution >= 0.6 is 27.7 Å². The van der Waals surface area contributed by atoms with Crippen LogP contribution in [-0.2, 0) is 0 Å². The summed E-state index contributed by atoms with van der Waals surface area (Å²) in [5.41, 5.74) is 7.81. The highest BCUT2D eigenvalue weighted by Crippen LogP contribution is 2.34. The third-order valence-corrected chi connectivity index (χ3v) is 4.27. The fraction of sp³-hybridized carbons (Fsp3) is 0.250. The maximum Gasteiger partial charge on any atom is 0.126 e. The van der Waals surface area contributed by atoms with Crippen molar-refractivity contribution in [3.8, 4) is 11.1 Å². The minimum Gasteiger partial charge on any atom is -0.384 e. The molecule has 0 aliphatic carbocycles. The number of rotatable bonds is 3. The Balaban J connectivity index is 2.34. The van der Waals surface area contributed by atoms with Crippen LogP contribution in [0.5, 0.6) is 0 Å². The average molecular weight is 312 g/mol. The summed E-state index contributed by atoms with van der Waals surface area (Å²) in [6.07, 6.45) is 1.74. The Bertz CT molecular complexity index is 522. The van der Waals surface area contributed by atoms with E-state index in [0.717, 1.165) is 15.6 Å². The van der Waals surface area contributed by atoms with Gasteiger partial charge in [-0.3, -0.25) is 5.10 Å². The van der Waals surface area contributed by atoms with E-state index in [1.165, 1.54) is 4.90 Å². The minimum atomic E-state index is 0.566. The molecule has 3 nitrogen and oxygen atoms in total. The summed E-state index contributed by atoms with van der Waals surface area (Å²) < 4.78 is 1.09. The molecule has 0 saturated carbocycles. The number of hydrogen-bond donors (Lipinski definition) is 2. The molecule has 0 bridgehead atoms. The highest BCUT2D eigenvalue weighted by Gasteiger charge is 2.08. The van der Waals surface area contributed by atoms with Crippen LogP contribution in [0.4, 0.5) is 5.82 Å². The fourth-order valence-corrected chi connectivity index (χ4v) is 3.03. The van der Waals surface area contributed by atoms with Crippen molar-refractivity contribution in [1.29, 1.82) is 0 Å². The molecule has 2 aromatic rings. The summed E-state index contributed by atoms with van der Waals surface area (Å²) in [4.78, 5) is 1.24. The number of thioether (sulfide) groups is 1. The molecule has 0 amide bonds. The van der Waals surface area contributed by atoms with E-state index in [0.29, 0.717) is 11.1 Å². The lowest BCUT2D eigenvalue weighted by Gasteiger charge is -2.08. The third-order valence-electron chi connectivity index (χ3n) is 2.27. The summed E-state index contributed by atoms with van der Waals surface area (Å²) in [7, 11) is 0. The molecule has 0 spiro atoms. The summed E-state index contributed by atoms with van der Waals surface area (Å²) in [6.45, 7) is 4.36. The van der Waals surface area contributed by atoms with Gasteiger partial charge in [0.25, 0.3) is 0 Å².